The van der Waals surface area contributed by atoms with Crippen LogP contribution in [-0.4, -0.2) is 26.8 Å². The Morgan fingerprint density at radius 3 is 2.63 bits per heavy atom. The van der Waals surface area contributed by atoms with Gasteiger partial charge in [-0.05, 0) is 18.8 Å². The average molecular weight is 276 g/mol. The highest BCUT2D eigenvalue weighted by Gasteiger charge is 2.22. The van der Waals surface area contributed by atoms with E-state index in [1.165, 1.54) is 11.3 Å². The van der Waals surface area contributed by atoms with Crippen LogP contribution < -0.4 is 10.6 Å². The molecule has 1 saturated heterocycles. The summed E-state index contributed by atoms with van der Waals surface area (Å²) in [5.74, 6) is 0.569. The maximum absolute atomic E-state index is 9.18. The highest BCUT2D eigenvalue weighted by Crippen LogP contribution is 2.37. The van der Waals surface area contributed by atoms with Gasteiger partial charge < -0.3 is 15.4 Å². The van der Waals surface area contributed by atoms with Crippen LogP contribution in [0.15, 0.2) is 0 Å². The third-order valence-electron chi connectivity index (χ3n) is 3.36. The zero-order valence-electron chi connectivity index (χ0n) is 10.8. The first-order valence-electron chi connectivity index (χ1n) is 6.18. The summed E-state index contributed by atoms with van der Waals surface area (Å²) < 4.78 is 5.34. The number of hydrogen-bond acceptors (Lipinski definition) is 6. The van der Waals surface area contributed by atoms with Gasteiger partial charge in [0.1, 0.15) is 27.6 Å². The smallest absolute Gasteiger partial charge is 0.131 e. The fourth-order valence-electron chi connectivity index (χ4n) is 2.29. The first kappa shape index (κ1) is 13.7. The van der Waals surface area contributed by atoms with Crippen molar-refractivity contribution < 1.29 is 4.74 Å². The van der Waals surface area contributed by atoms with E-state index in [0.29, 0.717) is 22.0 Å². The fourth-order valence-corrected chi connectivity index (χ4v) is 3.23. The van der Waals surface area contributed by atoms with Crippen molar-refractivity contribution in [3.8, 4) is 12.1 Å². The Balaban J connectivity index is 2.17. The molecule has 0 aromatic carbocycles. The minimum Gasteiger partial charge on any atom is -0.396 e. The van der Waals surface area contributed by atoms with Gasteiger partial charge in [-0.1, -0.05) is 0 Å². The van der Waals surface area contributed by atoms with E-state index in [1.54, 1.807) is 0 Å². The van der Waals surface area contributed by atoms with E-state index in [-0.39, 0.29) is 0 Å². The first-order valence-corrected chi connectivity index (χ1v) is 7.00. The van der Waals surface area contributed by atoms with Crippen molar-refractivity contribution in [2.45, 2.75) is 12.8 Å². The number of rotatable bonds is 3. The molecule has 0 saturated carbocycles. The largest absolute Gasteiger partial charge is 0.396 e. The van der Waals surface area contributed by atoms with Crippen LogP contribution >= 0.6 is 11.3 Å². The van der Waals surface area contributed by atoms with Crippen molar-refractivity contribution in [1.82, 2.24) is 0 Å². The first-order chi connectivity index (χ1) is 9.17. The molecule has 2 N–H and O–H groups in total. The number of hydrogen-bond donors (Lipinski definition) is 1. The molecule has 6 heteroatoms. The monoisotopic (exact) mass is 276 g/mol. The van der Waals surface area contributed by atoms with Crippen molar-refractivity contribution in [3.63, 3.8) is 0 Å². The summed E-state index contributed by atoms with van der Waals surface area (Å²) in [6.07, 6.45) is 2.08. The Bertz CT molecular complexity index is 534. The molecule has 0 bridgehead atoms. The molecule has 100 valence electrons. The molecule has 5 nitrogen and oxygen atoms in total. The number of nitrogens with zero attached hydrogens (tertiary/aromatic N) is 3. The second-order valence-electron chi connectivity index (χ2n) is 4.68. The number of nitriles is 2. The van der Waals surface area contributed by atoms with Crippen molar-refractivity contribution in [1.29, 1.82) is 10.5 Å². The lowest BCUT2D eigenvalue weighted by Crippen LogP contribution is -2.29. The maximum atomic E-state index is 9.18. The molecule has 0 radical (unpaired) electrons. The van der Waals surface area contributed by atoms with Gasteiger partial charge >= 0.3 is 0 Å². The zero-order valence-corrected chi connectivity index (χ0v) is 11.7. The average Bonchev–Trinajstić information content (AvgIpc) is 2.76. The molecule has 1 aliphatic rings. The van der Waals surface area contributed by atoms with Gasteiger partial charge in [-0.15, -0.1) is 11.3 Å². The van der Waals surface area contributed by atoms with Gasteiger partial charge in [-0.3, -0.25) is 0 Å². The molecule has 0 spiro atoms. The Kier molecular flexibility index (Phi) is 4.26. The predicted molar refractivity (Wildman–Crippen MR) is 75.0 cm³/mol. The minimum absolute atomic E-state index is 0.309. The highest BCUT2D eigenvalue weighted by atomic mass is 32.1. The van der Waals surface area contributed by atoms with Gasteiger partial charge in [0, 0.05) is 26.8 Å². The zero-order chi connectivity index (χ0) is 13.8. The van der Waals surface area contributed by atoms with Gasteiger partial charge in [0.05, 0.1) is 5.69 Å². The van der Waals surface area contributed by atoms with E-state index < -0.39 is 0 Å². The molecule has 2 heterocycles. The predicted octanol–water partition coefficient (Wildman–Crippen LogP) is 1.94. The summed E-state index contributed by atoms with van der Waals surface area (Å²) in [5, 5.41) is 19.0. The molecule has 0 amide bonds. The van der Waals surface area contributed by atoms with Crippen LogP contribution in [0.5, 0.6) is 0 Å². The molecule has 1 aliphatic heterocycles. The van der Waals surface area contributed by atoms with Crippen molar-refractivity contribution in [2.75, 3.05) is 37.4 Å². The number of ether oxygens (including phenoxy) is 1. The quantitative estimate of drug-likeness (QED) is 0.911. The van der Waals surface area contributed by atoms with Crippen LogP contribution in [0.25, 0.3) is 0 Å². The standard InChI is InChI=1S/C13H16N4OS/c1-17(8-9-2-4-18-5-3-9)13-10(6-14)12(16)11(7-15)19-13/h9H,2-5,8,16H2,1H3. The molecule has 1 fully saturated rings. The lowest BCUT2D eigenvalue weighted by atomic mass is 10.00. The van der Waals surface area contributed by atoms with Gasteiger partial charge in [0.15, 0.2) is 0 Å². The lowest BCUT2D eigenvalue weighted by Gasteiger charge is -2.27. The van der Waals surface area contributed by atoms with Crippen LogP contribution in [0.4, 0.5) is 10.7 Å². The molecule has 0 unspecified atom stereocenters. The Hall–Kier alpha value is -1.76. The molecule has 19 heavy (non-hydrogen) atoms. The van der Waals surface area contributed by atoms with Crippen molar-refractivity contribution in [2.24, 2.45) is 5.92 Å². The van der Waals surface area contributed by atoms with E-state index in [1.807, 2.05) is 18.0 Å². The summed E-state index contributed by atoms with van der Waals surface area (Å²) >= 11 is 1.29. The Morgan fingerprint density at radius 2 is 2.05 bits per heavy atom. The minimum atomic E-state index is 0.309. The Morgan fingerprint density at radius 1 is 1.37 bits per heavy atom. The number of anilines is 2. The van der Waals surface area contributed by atoms with Gasteiger partial charge in [-0.25, -0.2) is 0 Å². The number of thiophene rings is 1. The van der Waals surface area contributed by atoms with E-state index in [4.69, 9.17) is 15.7 Å². The number of nitrogens with two attached hydrogens (primary N) is 1. The van der Waals surface area contributed by atoms with Crippen LogP contribution in [0.3, 0.4) is 0 Å². The van der Waals surface area contributed by atoms with Crippen LogP contribution in [0.1, 0.15) is 23.3 Å². The fraction of sp³-hybridized carbons (Fsp3) is 0.538. The van der Waals surface area contributed by atoms with E-state index in [9.17, 15) is 5.26 Å². The normalized spacial score (nSPS) is 15.7. The Labute approximate surface area is 116 Å². The van der Waals surface area contributed by atoms with Crippen LogP contribution in [0, 0.1) is 28.6 Å². The number of nitrogen functional groups attached to an aromatic ring is 1. The maximum Gasteiger partial charge on any atom is 0.131 e. The molecule has 0 atom stereocenters. The highest BCUT2D eigenvalue weighted by molar-refractivity contribution is 7.17. The molecule has 2 rings (SSSR count). The SMILES string of the molecule is CN(CC1CCOCC1)c1sc(C#N)c(N)c1C#N. The van der Waals surface area contributed by atoms with Gasteiger partial charge in [-0.2, -0.15) is 10.5 Å². The van der Waals surface area contributed by atoms with Crippen LogP contribution in [-0.2, 0) is 4.74 Å². The molecule has 0 aliphatic carbocycles. The molecular weight excluding hydrogens is 260 g/mol. The molecule has 1 aromatic heterocycles. The van der Waals surface area contributed by atoms with Crippen molar-refractivity contribution >= 4 is 22.0 Å². The summed E-state index contributed by atoms with van der Waals surface area (Å²) in [6, 6.07) is 4.15. The lowest BCUT2D eigenvalue weighted by molar-refractivity contribution is 0.0685. The third kappa shape index (κ3) is 2.81. The van der Waals surface area contributed by atoms with E-state index >= 15 is 0 Å². The molecular formula is C13H16N4OS. The van der Waals surface area contributed by atoms with Gasteiger partial charge in [0.25, 0.3) is 0 Å². The summed E-state index contributed by atoms with van der Waals surface area (Å²) in [7, 11) is 1.95. The van der Waals surface area contributed by atoms with E-state index in [0.717, 1.165) is 37.6 Å². The second-order valence-corrected chi connectivity index (χ2v) is 5.68. The third-order valence-corrected chi connectivity index (χ3v) is 4.58. The summed E-state index contributed by atoms with van der Waals surface area (Å²) in [5.41, 5.74) is 6.55. The van der Waals surface area contributed by atoms with Crippen molar-refractivity contribution in [3.05, 3.63) is 10.4 Å². The molecule has 1 aromatic rings. The second kappa shape index (κ2) is 5.92. The van der Waals surface area contributed by atoms with Gasteiger partial charge in [0.2, 0.25) is 0 Å². The summed E-state index contributed by atoms with van der Waals surface area (Å²) in [6.45, 7) is 2.47. The van der Waals surface area contributed by atoms with Crippen LogP contribution in [0.2, 0.25) is 0 Å². The van der Waals surface area contributed by atoms with E-state index in [2.05, 4.69) is 6.07 Å². The summed E-state index contributed by atoms with van der Waals surface area (Å²) in [4.78, 5) is 2.46. The topological polar surface area (TPSA) is 86.1 Å².